The van der Waals surface area contributed by atoms with Crippen LogP contribution < -0.4 is 25.5 Å². The Morgan fingerprint density at radius 3 is 1.58 bits per heavy atom. The van der Waals surface area contributed by atoms with Crippen molar-refractivity contribution in [3.8, 4) is 5.75 Å². The van der Waals surface area contributed by atoms with E-state index in [9.17, 15) is 44.7 Å². The Hall–Kier alpha value is -5.81. The quantitative estimate of drug-likeness (QED) is 0.0368. The molecular weight excluding hydrogens is 902 g/mol. The molecular formula is C37H33Cl2N7O10S4. The SMILES string of the molecule is Cc1cc([N+](=O)[O-])sc1NC(=O)c1ccccc1OCCNCl.Cc1cc([N+](=O)[O-])sc1NC(=O)c1cccs1.Cc1ccc(Cl)c(C(=O)Nc2sc([N+](=O)[O-])cc2C)c1. The number of para-hydroxylation sites is 1. The van der Waals surface area contributed by atoms with Crippen LogP contribution in [0.2, 0.25) is 5.02 Å². The zero-order chi connectivity index (χ0) is 44.1. The average molecular weight is 935 g/mol. The maximum Gasteiger partial charge on any atom is 0.326 e. The van der Waals surface area contributed by atoms with Gasteiger partial charge < -0.3 is 20.7 Å². The Balaban J connectivity index is 0.000000201. The number of hydrogen-bond donors (Lipinski definition) is 4. The van der Waals surface area contributed by atoms with Crippen molar-refractivity contribution in [1.82, 2.24) is 4.84 Å². The van der Waals surface area contributed by atoms with Gasteiger partial charge in [0.2, 0.25) is 0 Å². The number of ether oxygens (including phenoxy) is 1. The predicted molar refractivity (Wildman–Crippen MR) is 237 cm³/mol. The fraction of sp³-hybridized carbons (Fsp3) is 0.162. The minimum absolute atomic E-state index is 0.00635. The van der Waals surface area contributed by atoms with E-state index in [1.165, 1.54) is 29.5 Å². The van der Waals surface area contributed by atoms with E-state index < -0.39 is 14.8 Å². The van der Waals surface area contributed by atoms with Crippen LogP contribution in [-0.2, 0) is 0 Å². The number of carbonyl (C=O) groups is 3. The molecule has 4 heterocycles. The van der Waals surface area contributed by atoms with Gasteiger partial charge in [0.15, 0.2) is 0 Å². The van der Waals surface area contributed by atoms with Crippen molar-refractivity contribution in [2.45, 2.75) is 27.7 Å². The highest BCUT2D eigenvalue weighted by Crippen LogP contribution is 2.36. The van der Waals surface area contributed by atoms with Gasteiger partial charge in [-0.05, 0) is 126 Å². The van der Waals surface area contributed by atoms with Crippen molar-refractivity contribution in [1.29, 1.82) is 0 Å². The largest absolute Gasteiger partial charge is 0.491 e. The predicted octanol–water partition coefficient (Wildman–Crippen LogP) is 10.8. The monoisotopic (exact) mass is 933 g/mol. The lowest BCUT2D eigenvalue weighted by Gasteiger charge is -2.11. The van der Waals surface area contributed by atoms with Gasteiger partial charge in [-0.15, -0.1) is 11.3 Å². The minimum Gasteiger partial charge on any atom is -0.491 e. The second-order valence-electron chi connectivity index (χ2n) is 12.1. The van der Waals surface area contributed by atoms with Crippen LogP contribution in [0.15, 0.2) is 78.2 Å². The maximum absolute atomic E-state index is 12.4. The Bertz CT molecular complexity index is 2520. The van der Waals surface area contributed by atoms with Crippen molar-refractivity contribution >= 4 is 116 Å². The molecule has 0 atom stereocenters. The molecule has 0 aliphatic rings. The topological polar surface area (TPSA) is 238 Å². The first-order valence-corrected chi connectivity index (χ1v) is 21.1. The van der Waals surface area contributed by atoms with Crippen LogP contribution in [0.1, 0.15) is 52.6 Å². The van der Waals surface area contributed by atoms with Gasteiger partial charge in [0.05, 0.1) is 35.8 Å². The Kier molecular flexibility index (Phi) is 17.2. The van der Waals surface area contributed by atoms with Crippen LogP contribution in [-0.4, -0.2) is 45.6 Å². The molecule has 3 amide bonds. The van der Waals surface area contributed by atoms with Crippen LogP contribution >= 0.6 is 68.7 Å². The molecule has 0 spiro atoms. The number of hydrogen-bond acceptors (Lipinski definition) is 15. The molecule has 314 valence electrons. The lowest BCUT2D eigenvalue weighted by molar-refractivity contribution is -0.380. The number of nitrogens with zero attached hydrogens (tertiary/aromatic N) is 3. The summed E-state index contributed by atoms with van der Waals surface area (Å²) < 4.78 is 5.50. The summed E-state index contributed by atoms with van der Waals surface area (Å²) in [6.45, 7) is 7.72. The zero-order valence-corrected chi connectivity index (χ0v) is 36.5. The number of benzene rings is 2. The molecule has 0 aliphatic carbocycles. The van der Waals surface area contributed by atoms with E-state index in [1.807, 2.05) is 6.92 Å². The number of amides is 3. The van der Waals surface area contributed by atoms with Crippen LogP contribution in [0.4, 0.5) is 30.0 Å². The highest BCUT2D eigenvalue weighted by atomic mass is 35.5. The number of thiophene rings is 4. The van der Waals surface area contributed by atoms with E-state index in [4.69, 9.17) is 28.1 Å². The van der Waals surface area contributed by atoms with E-state index in [0.29, 0.717) is 71.6 Å². The van der Waals surface area contributed by atoms with Crippen LogP contribution in [0.25, 0.3) is 0 Å². The molecule has 17 nitrogen and oxygen atoms in total. The van der Waals surface area contributed by atoms with Gasteiger partial charge in [0.25, 0.3) is 17.7 Å². The van der Waals surface area contributed by atoms with Crippen molar-refractivity contribution in [3.05, 3.63) is 152 Å². The van der Waals surface area contributed by atoms with Gasteiger partial charge in [-0.2, -0.15) is 0 Å². The van der Waals surface area contributed by atoms with E-state index in [1.54, 1.807) is 80.7 Å². The molecule has 0 saturated heterocycles. The highest BCUT2D eigenvalue weighted by Gasteiger charge is 2.20. The third kappa shape index (κ3) is 13.1. The van der Waals surface area contributed by atoms with E-state index >= 15 is 0 Å². The van der Waals surface area contributed by atoms with Gasteiger partial charge in [-0.25, -0.2) is 4.84 Å². The molecule has 0 bridgehead atoms. The number of nitro groups is 3. The van der Waals surface area contributed by atoms with Gasteiger partial charge in [0.1, 0.15) is 27.4 Å². The second-order valence-corrected chi connectivity index (χ2v) is 16.8. The van der Waals surface area contributed by atoms with Gasteiger partial charge >= 0.3 is 15.0 Å². The molecule has 2 aromatic carbocycles. The molecule has 6 rings (SSSR count). The standard InChI is InChI=1S/C14H14ClN3O4S.C13H11ClN2O3S.C10H8N2O3S2/c1-9-8-12(18(20)21)23-14(9)17-13(19)10-4-2-3-5-11(10)22-7-6-16-15;1-7-3-4-10(14)9(5-7)12(17)15-13-8(2)6-11(20-13)16(18)19;1-6-5-8(12(14)15)17-10(6)11-9(13)7-3-2-4-16-7/h2-5,8,16H,6-7H2,1H3,(H,17,19);3-6H,1-2H3,(H,15,17);2-5H,1H3,(H,11,13). The lowest BCUT2D eigenvalue weighted by Crippen LogP contribution is -2.16. The summed E-state index contributed by atoms with van der Waals surface area (Å²) in [7, 11) is 0. The molecule has 0 unspecified atom stereocenters. The van der Waals surface area contributed by atoms with Crippen LogP contribution in [0, 0.1) is 58.0 Å². The number of carbonyl (C=O) groups excluding carboxylic acids is 3. The molecule has 6 aromatic rings. The highest BCUT2D eigenvalue weighted by molar-refractivity contribution is 7.20. The van der Waals surface area contributed by atoms with E-state index in [-0.39, 0.29) is 32.7 Å². The summed E-state index contributed by atoms with van der Waals surface area (Å²) >= 11 is 15.5. The molecule has 60 heavy (non-hydrogen) atoms. The molecule has 4 N–H and O–H groups in total. The fourth-order valence-electron chi connectivity index (χ4n) is 4.74. The minimum atomic E-state index is -0.483. The summed E-state index contributed by atoms with van der Waals surface area (Å²) in [4.78, 5) is 70.0. The summed E-state index contributed by atoms with van der Waals surface area (Å²) in [6.07, 6.45) is 0. The number of halogens is 2. The second kappa shape index (κ2) is 22.0. The lowest BCUT2D eigenvalue weighted by atomic mass is 10.1. The summed E-state index contributed by atoms with van der Waals surface area (Å²) in [5, 5.41) is 43.7. The molecule has 23 heteroatoms. The fourth-order valence-corrected chi connectivity index (χ4v) is 8.29. The molecule has 0 aliphatic heterocycles. The molecule has 0 fully saturated rings. The first-order chi connectivity index (χ1) is 28.5. The van der Waals surface area contributed by atoms with Crippen LogP contribution in [0.5, 0.6) is 5.75 Å². The van der Waals surface area contributed by atoms with Gasteiger partial charge in [-0.1, -0.05) is 41.4 Å². The Labute approximate surface area is 367 Å². The molecule has 0 saturated carbocycles. The summed E-state index contributed by atoms with van der Waals surface area (Å²) in [6, 6.07) is 19.7. The molecule has 4 aromatic heterocycles. The summed E-state index contributed by atoms with van der Waals surface area (Å²) in [5.41, 5.74) is 3.60. The zero-order valence-electron chi connectivity index (χ0n) is 31.7. The first-order valence-electron chi connectivity index (χ1n) is 17.0. The third-order valence-corrected chi connectivity index (χ3v) is 12.3. The average Bonchev–Trinajstić information content (AvgIpc) is 4.02. The van der Waals surface area contributed by atoms with Crippen molar-refractivity contribution < 1.29 is 33.9 Å². The van der Waals surface area contributed by atoms with Crippen molar-refractivity contribution in [3.63, 3.8) is 0 Å². The van der Waals surface area contributed by atoms with Crippen LogP contribution in [0.3, 0.4) is 0 Å². The smallest absolute Gasteiger partial charge is 0.326 e. The number of rotatable bonds is 13. The summed E-state index contributed by atoms with van der Waals surface area (Å²) in [5.74, 6) is -0.585. The number of nitrogens with one attached hydrogen (secondary N) is 4. The first kappa shape index (κ1) is 46.9. The van der Waals surface area contributed by atoms with Crippen molar-refractivity contribution in [2.75, 3.05) is 29.1 Å². The normalized spacial score (nSPS) is 10.3. The number of aryl methyl sites for hydroxylation is 4. The van der Waals surface area contributed by atoms with E-state index in [2.05, 4.69) is 20.8 Å². The van der Waals surface area contributed by atoms with Gasteiger partial charge in [0, 0.05) is 24.7 Å². The van der Waals surface area contributed by atoms with E-state index in [0.717, 1.165) is 39.6 Å². The Morgan fingerprint density at radius 2 is 1.13 bits per heavy atom. The Morgan fingerprint density at radius 1 is 0.650 bits per heavy atom. The number of anilines is 3. The maximum atomic E-state index is 12.4. The van der Waals surface area contributed by atoms with Gasteiger partial charge in [-0.3, -0.25) is 44.7 Å². The third-order valence-electron chi connectivity index (χ3n) is 7.63. The van der Waals surface area contributed by atoms with Crippen molar-refractivity contribution in [2.24, 2.45) is 0 Å². The molecule has 0 radical (unpaired) electrons.